The van der Waals surface area contributed by atoms with Crippen LogP contribution in [0.2, 0.25) is 0 Å². The Morgan fingerprint density at radius 2 is 2.26 bits per heavy atom. The van der Waals surface area contributed by atoms with Crippen molar-refractivity contribution in [3.8, 4) is 0 Å². The Balaban J connectivity index is 2.31. The van der Waals surface area contributed by atoms with Crippen molar-refractivity contribution in [3.63, 3.8) is 0 Å². The smallest absolute Gasteiger partial charge is 0.251 e. The molecule has 2 rings (SSSR count). The highest BCUT2D eigenvalue weighted by molar-refractivity contribution is 7.99. The monoisotopic (exact) mass is 277 g/mol. The number of hydrogen-bond donors (Lipinski definition) is 3. The first kappa shape index (κ1) is 13.1. The number of rotatable bonds is 3. The van der Waals surface area contributed by atoms with Gasteiger partial charge in [-0.25, -0.2) is 9.97 Å². The highest BCUT2D eigenvalue weighted by atomic mass is 32.2. The summed E-state index contributed by atoms with van der Waals surface area (Å²) in [6, 6.07) is 6.48. The molecule has 0 aliphatic carbocycles. The van der Waals surface area contributed by atoms with Crippen LogP contribution in [0.15, 0.2) is 44.4 Å². The second-order valence-corrected chi connectivity index (χ2v) is 4.65. The highest BCUT2D eigenvalue weighted by Gasteiger charge is 2.06. The van der Waals surface area contributed by atoms with Gasteiger partial charge in [-0.1, -0.05) is 11.2 Å². The van der Waals surface area contributed by atoms with Crippen molar-refractivity contribution >= 4 is 17.6 Å². The zero-order valence-corrected chi connectivity index (χ0v) is 10.8. The van der Waals surface area contributed by atoms with E-state index in [4.69, 9.17) is 10.9 Å². The number of nitrogens with zero attached hydrogens (tertiary/aromatic N) is 3. The first-order valence-electron chi connectivity index (χ1n) is 5.29. The van der Waals surface area contributed by atoms with E-state index >= 15 is 0 Å². The third-order valence-corrected chi connectivity index (χ3v) is 2.97. The summed E-state index contributed by atoms with van der Waals surface area (Å²) in [7, 11) is 0. The molecule has 2 aromatic heterocycles. The molecule has 0 radical (unpaired) electrons. The molecule has 0 unspecified atom stereocenters. The van der Waals surface area contributed by atoms with Crippen LogP contribution in [-0.4, -0.2) is 26.0 Å². The van der Waals surface area contributed by atoms with Crippen LogP contribution >= 0.6 is 11.8 Å². The summed E-state index contributed by atoms with van der Waals surface area (Å²) in [5.41, 5.74) is 6.21. The molecule has 2 heterocycles. The van der Waals surface area contributed by atoms with E-state index in [1.165, 1.54) is 17.8 Å². The number of pyridine rings is 1. The van der Waals surface area contributed by atoms with Crippen molar-refractivity contribution < 1.29 is 5.21 Å². The molecule has 0 aliphatic rings. The molecule has 7 nitrogen and oxygen atoms in total. The zero-order valence-electron chi connectivity index (χ0n) is 9.99. The van der Waals surface area contributed by atoms with Gasteiger partial charge in [-0.05, 0) is 30.8 Å². The normalized spacial score (nSPS) is 11.5. The maximum absolute atomic E-state index is 11.3. The van der Waals surface area contributed by atoms with Gasteiger partial charge in [-0.15, -0.1) is 0 Å². The van der Waals surface area contributed by atoms with Crippen molar-refractivity contribution in [2.24, 2.45) is 10.9 Å². The van der Waals surface area contributed by atoms with Gasteiger partial charge in [-0.2, -0.15) is 0 Å². The molecule has 0 bridgehead atoms. The van der Waals surface area contributed by atoms with Crippen LogP contribution in [-0.2, 0) is 0 Å². The summed E-state index contributed by atoms with van der Waals surface area (Å²) in [5, 5.41) is 12.5. The highest BCUT2D eigenvalue weighted by Crippen LogP contribution is 2.21. The van der Waals surface area contributed by atoms with Gasteiger partial charge in [-0.3, -0.25) is 4.79 Å². The second kappa shape index (κ2) is 5.53. The standard InChI is InChI=1S/C11H11N5O2S/c1-6-5-8(17)15-11(13-6)19-9-4-2-3-7(14-9)10(12)16-18/h2-5,18H,1H3,(H2,12,16)(H,13,15,17). The van der Waals surface area contributed by atoms with Crippen LogP contribution < -0.4 is 11.3 Å². The molecule has 0 saturated carbocycles. The first-order chi connectivity index (χ1) is 9.08. The Bertz CT molecular complexity index is 683. The van der Waals surface area contributed by atoms with Gasteiger partial charge in [0, 0.05) is 11.8 Å². The fourth-order valence-corrected chi connectivity index (χ4v) is 2.19. The summed E-state index contributed by atoms with van der Waals surface area (Å²) in [6.45, 7) is 1.74. The molecule has 2 aromatic rings. The number of aromatic amines is 1. The molecule has 0 spiro atoms. The summed E-state index contributed by atoms with van der Waals surface area (Å²) < 4.78 is 0. The topological polar surface area (TPSA) is 117 Å². The lowest BCUT2D eigenvalue weighted by Gasteiger charge is -2.03. The lowest BCUT2D eigenvalue weighted by atomic mass is 10.3. The molecule has 0 aliphatic heterocycles. The van der Waals surface area contributed by atoms with Crippen LogP contribution in [0.1, 0.15) is 11.4 Å². The summed E-state index contributed by atoms with van der Waals surface area (Å²) in [6.07, 6.45) is 0. The van der Waals surface area contributed by atoms with Crippen LogP contribution in [0.3, 0.4) is 0 Å². The number of amidine groups is 1. The Hall–Kier alpha value is -2.35. The van der Waals surface area contributed by atoms with E-state index in [2.05, 4.69) is 20.1 Å². The molecule has 0 aromatic carbocycles. The average molecular weight is 277 g/mol. The van der Waals surface area contributed by atoms with Crippen molar-refractivity contribution in [1.82, 2.24) is 15.0 Å². The fourth-order valence-electron chi connectivity index (χ4n) is 1.36. The van der Waals surface area contributed by atoms with E-state index < -0.39 is 0 Å². The number of aromatic nitrogens is 3. The lowest BCUT2D eigenvalue weighted by molar-refractivity contribution is 0.318. The minimum atomic E-state index is -0.220. The maximum Gasteiger partial charge on any atom is 0.251 e. The third-order valence-electron chi connectivity index (χ3n) is 2.14. The van der Waals surface area contributed by atoms with E-state index in [0.29, 0.717) is 21.6 Å². The van der Waals surface area contributed by atoms with E-state index in [0.717, 1.165) is 0 Å². The largest absolute Gasteiger partial charge is 0.409 e. The molecule has 0 saturated heterocycles. The van der Waals surface area contributed by atoms with Gasteiger partial charge in [0.05, 0.1) is 0 Å². The van der Waals surface area contributed by atoms with E-state index in [1.807, 2.05) is 0 Å². The Morgan fingerprint density at radius 1 is 1.47 bits per heavy atom. The first-order valence-corrected chi connectivity index (χ1v) is 6.11. The number of nitrogens with one attached hydrogen (secondary N) is 1. The van der Waals surface area contributed by atoms with Crippen LogP contribution in [0.4, 0.5) is 0 Å². The van der Waals surface area contributed by atoms with Gasteiger partial charge < -0.3 is 15.9 Å². The maximum atomic E-state index is 11.3. The van der Waals surface area contributed by atoms with Gasteiger partial charge in [0.15, 0.2) is 11.0 Å². The summed E-state index contributed by atoms with van der Waals surface area (Å²) >= 11 is 1.19. The van der Waals surface area contributed by atoms with Crippen LogP contribution in [0, 0.1) is 6.92 Å². The van der Waals surface area contributed by atoms with E-state index in [-0.39, 0.29) is 11.4 Å². The number of nitrogens with two attached hydrogens (primary N) is 1. The van der Waals surface area contributed by atoms with Gasteiger partial charge in [0.1, 0.15) is 10.7 Å². The predicted molar refractivity (Wildman–Crippen MR) is 70.5 cm³/mol. The minimum absolute atomic E-state index is 0.0758. The molecule has 8 heteroatoms. The zero-order chi connectivity index (χ0) is 13.8. The third kappa shape index (κ3) is 3.32. The SMILES string of the molecule is Cc1cc(=O)[nH]c(Sc2cccc(C(N)=NO)n2)n1. The number of aryl methyl sites for hydroxylation is 1. The summed E-state index contributed by atoms with van der Waals surface area (Å²) in [5.74, 6) is -0.0758. The van der Waals surface area contributed by atoms with E-state index in [1.54, 1.807) is 25.1 Å². The van der Waals surface area contributed by atoms with Crippen molar-refractivity contribution in [2.75, 3.05) is 0 Å². The quantitative estimate of drug-likeness (QED) is 0.250. The summed E-state index contributed by atoms with van der Waals surface area (Å²) in [4.78, 5) is 22.3. The Morgan fingerprint density at radius 3 is 2.95 bits per heavy atom. The number of H-pyrrole nitrogens is 1. The molecule has 98 valence electrons. The molecule has 0 fully saturated rings. The van der Waals surface area contributed by atoms with E-state index in [9.17, 15) is 4.79 Å². The Kier molecular flexibility index (Phi) is 3.81. The average Bonchev–Trinajstić information content (AvgIpc) is 2.37. The van der Waals surface area contributed by atoms with Crippen molar-refractivity contribution in [3.05, 3.63) is 46.0 Å². The Labute approximate surface area is 112 Å². The van der Waals surface area contributed by atoms with Crippen molar-refractivity contribution in [2.45, 2.75) is 17.1 Å². The molecule has 19 heavy (non-hydrogen) atoms. The second-order valence-electron chi connectivity index (χ2n) is 3.64. The van der Waals surface area contributed by atoms with Gasteiger partial charge >= 0.3 is 0 Å². The van der Waals surface area contributed by atoms with Crippen molar-refractivity contribution in [1.29, 1.82) is 0 Å². The molecular formula is C11H11N5O2S. The minimum Gasteiger partial charge on any atom is -0.409 e. The predicted octanol–water partition coefficient (Wildman–Crippen LogP) is 0.719. The van der Waals surface area contributed by atoms with Gasteiger partial charge in [0.25, 0.3) is 5.56 Å². The molecule has 0 atom stereocenters. The lowest BCUT2D eigenvalue weighted by Crippen LogP contribution is -2.15. The van der Waals surface area contributed by atoms with Crippen LogP contribution in [0.5, 0.6) is 0 Å². The molecular weight excluding hydrogens is 266 g/mol. The fraction of sp³-hybridized carbons (Fsp3) is 0.0909. The molecule has 0 amide bonds. The van der Waals surface area contributed by atoms with Gasteiger partial charge in [0.2, 0.25) is 0 Å². The number of hydrogen-bond acceptors (Lipinski definition) is 6. The molecule has 4 N–H and O–H groups in total. The number of oxime groups is 1. The van der Waals surface area contributed by atoms with Crippen LogP contribution in [0.25, 0.3) is 0 Å².